The maximum atomic E-state index is 14.2. The minimum atomic E-state index is -0.688. The van der Waals surface area contributed by atoms with Crippen LogP contribution >= 0.6 is 11.6 Å². The largest absolute Gasteiger partial charge is 0.364 e. The number of ketones is 1. The Morgan fingerprint density at radius 3 is 2.82 bits per heavy atom. The van der Waals surface area contributed by atoms with Gasteiger partial charge in [0.1, 0.15) is 12.4 Å². The third-order valence-corrected chi connectivity index (χ3v) is 7.02. The first-order chi connectivity index (χ1) is 16.2. The first kappa shape index (κ1) is 22.5. The van der Waals surface area contributed by atoms with E-state index >= 15 is 0 Å². The summed E-state index contributed by atoms with van der Waals surface area (Å²) in [6.07, 6.45) is 3.37. The fraction of sp³-hybridized carbons (Fsp3) is 0.375. The van der Waals surface area contributed by atoms with Gasteiger partial charge in [-0.25, -0.2) is 4.39 Å². The van der Waals surface area contributed by atoms with Crippen LogP contribution in [-0.2, 0) is 22.6 Å². The van der Waals surface area contributed by atoms with Crippen molar-refractivity contribution in [3.05, 3.63) is 58.3 Å². The highest BCUT2D eigenvalue weighted by Gasteiger charge is 2.55. The van der Waals surface area contributed by atoms with E-state index in [1.165, 1.54) is 10.7 Å². The molecule has 176 valence electrons. The molecule has 0 radical (unpaired) electrons. The molecule has 0 bridgehead atoms. The van der Waals surface area contributed by atoms with E-state index in [4.69, 9.17) is 17.3 Å². The number of hydrogen-bond donors (Lipinski definition) is 1. The van der Waals surface area contributed by atoms with E-state index in [0.29, 0.717) is 34.5 Å². The molecule has 2 amide bonds. The number of likely N-dealkylation sites (tertiary alicyclic amines) is 1. The minimum Gasteiger partial charge on any atom is -0.364 e. The van der Waals surface area contributed by atoms with Gasteiger partial charge in [0.05, 0.1) is 22.8 Å². The van der Waals surface area contributed by atoms with Crippen molar-refractivity contribution < 1.29 is 18.8 Å². The number of hydrogen-bond acceptors (Lipinski definition) is 5. The Morgan fingerprint density at radius 2 is 2.06 bits per heavy atom. The maximum Gasteiger partial charge on any atom is 0.269 e. The number of aromatic nitrogens is 3. The number of nitrogens with two attached hydrogens (primary N) is 1. The van der Waals surface area contributed by atoms with Crippen LogP contribution in [0, 0.1) is 18.7 Å². The van der Waals surface area contributed by atoms with E-state index in [1.807, 2.05) is 0 Å². The van der Waals surface area contributed by atoms with Crippen LogP contribution in [0.2, 0.25) is 5.02 Å². The Bertz CT molecular complexity index is 1340. The van der Waals surface area contributed by atoms with Gasteiger partial charge in [-0.05, 0) is 49.8 Å². The molecule has 3 atom stereocenters. The van der Waals surface area contributed by atoms with E-state index < -0.39 is 17.8 Å². The van der Waals surface area contributed by atoms with Crippen molar-refractivity contribution in [1.29, 1.82) is 0 Å². The van der Waals surface area contributed by atoms with Crippen molar-refractivity contribution in [2.45, 2.75) is 51.2 Å². The number of piperidine rings is 1. The summed E-state index contributed by atoms with van der Waals surface area (Å²) < 4.78 is 15.6. The van der Waals surface area contributed by atoms with Crippen molar-refractivity contribution in [1.82, 2.24) is 19.7 Å². The van der Waals surface area contributed by atoms with Gasteiger partial charge in [0.2, 0.25) is 5.91 Å². The van der Waals surface area contributed by atoms with Crippen molar-refractivity contribution in [2.75, 3.05) is 0 Å². The molecule has 0 spiro atoms. The molecule has 1 saturated heterocycles. The molecule has 1 aliphatic carbocycles. The number of amides is 2. The summed E-state index contributed by atoms with van der Waals surface area (Å²) >= 11 is 5.84. The average Bonchev–Trinajstić information content (AvgIpc) is 3.31. The highest BCUT2D eigenvalue weighted by atomic mass is 35.5. The number of carbonyl (C=O) groups is 3. The Labute approximate surface area is 199 Å². The SMILES string of the molecule is Cc1cc2c(C(N)=O)nn(CC(=O)N3[C@@H]4C[C@@H]4C[C@H]3C(=O)CCc3cccc(Cl)c3F)c2cn1. The van der Waals surface area contributed by atoms with E-state index in [9.17, 15) is 18.8 Å². The lowest BCUT2D eigenvalue weighted by molar-refractivity contribution is -0.139. The quantitative estimate of drug-likeness (QED) is 0.555. The van der Waals surface area contributed by atoms with E-state index in [2.05, 4.69) is 10.1 Å². The second-order valence-corrected chi connectivity index (χ2v) is 9.42. The molecule has 1 aromatic carbocycles. The molecule has 3 aromatic rings. The zero-order valence-electron chi connectivity index (χ0n) is 18.5. The van der Waals surface area contributed by atoms with Crippen LogP contribution in [0.15, 0.2) is 30.5 Å². The Kier molecular flexibility index (Phi) is 5.59. The second kappa shape index (κ2) is 8.47. The molecule has 2 N–H and O–H groups in total. The predicted octanol–water partition coefficient (Wildman–Crippen LogP) is 2.82. The van der Waals surface area contributed by atoms with Crippen molar-refractivity contribution in [2.24, 2.45) is 11.7 Å². The van der Waals surface area contributed by atoms with Crippen LogP contribution in [-0.4, -0.2) is 49.3 Å². The molecule has 8 nitrogen and oxygen atoms in total. The smallest absolute Gasteiger partial charge is 0.269 e. The normalized spacial score (nSPS) is 21.0. The number of carbonyl (C=O) groups excluding carboxylic acids is 3. The van der Waals surface area contributed by atoms with Crippen molar-refractivity contribution >= 4 is 40.1 Å². The van der Waals surface area contributed by atoms with Gasteiger partial charge in [-0.2, -0.15) is 5.10 Å². The zero-order valence-corrected chi connectivity index (χ0v) is 19.3. The van der Waals surface area contributed by atoms with Gasteiger partial charge in [-0.3, -0.25) is 24.0 Å². The number of benzene rings is 1. The molecular weight excluding hydrogens is 461 g/mol. The van der Waals surface area contributed by atoms with Crippen LogP contribution < -0.4 is 5.73 Å². The van der Waals surface area contributed by atoms with Crippen LogP contribution in [0.3, 0.4) is 0 Å². The van der Waals surface area contributed by atoms with Crippen LogP contribution in [0.4, 0.5) is 4.39 Å². The monoisotopic (exact) mass is 483 g/mol. The molecule has 3 heterocycles. The Hall–Kier alpha value is -3.33. The second-order valence-electron chi connectivity index (χ2n) is 9.01. The number of primary amides is 1. The van der Waals surface area contributed by atoms with Gasteiger partial charge in [0.25, 0.3) is 5.91 Å². The van der Waals surface area contributed by atoms with Gasteiger partial charge in [0.15, 0.2) is 11.5 Å². The fourth-order valence-electron chi connectivity index (χ4n) is 4.96. The summed E-state index contributed by atoms with van der Waals surface area (Å²) in [5.74, 6) is -1.25. The number of nitrogens with zero attached hydrogens (tertiary/aromatic N) is 4. The summed E-state index contributed by atoms with van der Waals surface area (Å²) in [5.41, 5.74) is 7.16. The topological polar surface area (TPSA) is 111 Å². The molecule has 10 heteroatoms. The first-order valence-electron chi connectivity index (χ1n) is 11.1. The van der Waals surface area contributed by atoms with Gasteiger partial charge in [-0.15, -0.1) is 0 Å². The van der Waals surface area contributed by atoms with Crippen molar-refractivity contribution in [3.63, 3.8) is 0 Å². The molecule has 2 aliphatic rings. The molecule has 0 unspecified atom stereocenters. The molecule has 2 aromatic heterocycles. The Morgan fingerprint density at radius 1 is 1.26 bits per heavy atom. The van der Waals surface area contributed by atoms with Gasteiger partial charge in [-0.1, -0.05) is 23.7 Å². The predicted molar refractivity (Wildman–Crippen MR) is 123 cm³/mol. The first-order valence-corrected chi connectivity index (χ1v) is 11.5. The number of Topliss-reactive ketones (excluding diaryl/α,β-unsaturated/α-hetero) is 1. The highest BCUT2D eigenvalue weighted by molar-refractivity contribution is 6.30. The lowest BCUT2D eigenvalue weighted by Crippen LogP contribution is -2.44. The molecule has 34 heavy (non-hydrogen) atoms. The van der Waals surface area contributed by atoms with E-state index in [0.717, 1.165) is 6.42 Å². The molecule has 1 saturated carbocycles. The minimum absolute atomic E-state index is 0.0235. The lowest BCUT2D eigenvalue weighted by atomic mass is 10.00. The van der Waals surface area contributed by atoms with Crippen LogP contribution in [0.1, 0.15) is 41.0 Å². The zero-order chi connectivity index (χ0) is 24.1. The molecule has 2 fully saturated rings. The van der Waals surface area contributed by atoms with E-state index in [1.54, 1.807) is 36.2 Å². The number of halogens is 2. The fourth-order valence-corrected chi connectivity index (χ4v) is 5.15. The lowest BCUT2D eigenvalue weighted by Gasteiger charge is -2.27. The summed E-state index contributed by atoms with van der Waals surface area (Å²) in [6, 6.07) is 5.91. The third kappa shape index (κ3) is 3.94. The molecule has 5 rings (SSSR count). The summed E-state index contributed by atoms with van der Waals surface area (Å²) in [4.78, 5) is 44.1. The maximum absolute atomic E-state index is 14.2. The third-order valence-electron chi connectivity index (χ3n) is 6.73. The standard InChI is InChI=1S/C24H23ClFN5O3/c1-12-7-15-19(10-28-12)30(29-23(15)24(27)34)11-21(33)31-17-8-14(17)9-18(31)20(32)6-5-13-3-2-4-16(25)22(13)26/h2-4,7,10,14,17-18H,5-6,8-9,11H2,1H3,(H2,27,34)/t14-,17-,18+/m1/s1. The van der Waals surface area contributed by atoms with Crippen molar-refractivity contribution in [3.8, 4) is 0 Å². The number of fused-ring (bicyclic) bond motifs is 2. The molecule has 1 aliphatic heterocycles. The highest BCUT2D eigenvalue weighted by Crippen LogP contribution is 2.48. The van der Waals surface area contributed by atoms with Gasteiger partial charge < -0.3 is 10.6 Å². The number of aryl methyl sites for hydroxylation is 2. The number of rotatable bonds is 7. The van der Waals surface area contributed by atoms with Gasteiger partial charge >= 0.3 is 0 Å². The summed E-state index contributed by atoms with van der Waals surface area (Å²) in [7, 11) is 0. The van der Waals surface area contributed by atoms with E-state index in [-0.39, 0.29) is 47.8 Å². The number of pyridine rings is 1. The summed E-state index contributed by atoms with van der Waals surface area (Å²) in [6.45, 7) is 1.65. The average molecular weight is 484 g/mol. The Balaban J connectivity index is 1.34. The van der Waals surface area contributed by atoms with Crippen LogP contribution in [0.5, 0.6) is 0 Å². The van der Waals surface area contributed by atoms with Crippen LogP contribution in [0.25, 0.3) is 10.9 Å². The molecular formula is C24H23ClFN5O3. The summed E-state index contributed by atoms with van der Waals surface area (Å²) in [5, 5.41) is 4.82. The van der Waals surface area contributed by atoms with Gasteiger partial charge in [0, 0.05) is 23.5 Å².